The van der Waals surface area contributed by atoms with E-state index in [1.807, 2.05) is 9.80 Å². The van der Waals surface area contributed by atoms with E-state index in [2.05, 4.69) is 32.7 Å². The smallest absolute Gasteiger partial charge is 0.343 e. The largest absolute Gasteiger partial charge is 0.477 e. The molecular formula is C28H39N3O4S. The van der Waals surface area contributed by atoms with Gasteiger partial charge >= 0.3 is 5.97 Å². The minimum atomic E-state index is -0.944. The molecule has 0 bridgehead atoms. The fourth-order valence-corrected chi connectivity index (χ4v) is 6.92. The maximum atomic E-state index is 14.1. The van der Waals surface area contributed by atoms with Crippen LogP contribution in [0.1, 0.15) is 83.0 Å². The molecule has 1 unspecified atom stereocenters. The molecule has 1 aliphatic carbocycles. The number of carboxylic acids is 1. The normalized spacial score (nSPS) is 25.7. The molecule has 36 heavy (non-hydrogen) atoms. The van der Waals surface area contributed by atoms with E-state index in [0.717, 1.165) is 25.7 Å². The predicted octanol–water partition coefficient (Wildman–Crippen LogP) is 5.19. The molecule has 1 aromatic rings. The first kappa shape index (κ1) is 26.7. The minimum absolute atomic E-state index is 0.0460. The van der Waals surface area contributed by atoms with Gasteiger partial charge < -0.3 is 14.9 Å². The lowest BCUT2D eigenvalue weighted by Gasteiger charge is -2.41. The molecule has 2 aliphatic heterocycles. The monoisotopic (exact) mass is 513 g/mol. The molecule has 7 nitrogen and oxygen atoms in total. The van der Waals surface area contributed by atoms with Gasteiger partial charge in [0.05, 0.1) is 5.56 Å². The molecule has 3 aliphatic rings. The Labute approximate surface area is 218 Å². The van der Waals surface area contributed by atoms with Crippen molar-refractivity contribution in [3.05, 3.63) is 40.7 Å². The topological polar surface area (TPSA) is 90.8 Å². The van der Waals surface area contributed by atoms with Gasteiger partial charge in [0.25, 0.3) is 5.91 Å². The predicted molar refractivity (Wildman–Crippen MR) is 141 cm³/mol. The second kappa shape index (κ2) is 11.0. The van der Waals surface area contributed by atoms with E-state index >= 15 is 0 Å². The number of carboxylic acid groups (broad SMARTS) is 1. The number of carbonyl (C=O) groups excluding carboxylic acids is 2. The van der Waals surface area contributed by atoms with Crippen molar-refractivity contribution < 1.29 is 19.5 Å². The number of hydrogen-bond donors (Lipinski definition) is 1. The Hall–Kier alpha value is -2.35. The number of piperidine rings is 1. The average molecular weight is 514 g/mol. The van der Waals surface area contributed by atoms with Crippen LogP contribution in [0.25, 0.3) is 0 Å². The van der Waals surface area contributed by atoms with E-state index in [1.165, 1.54) is 11.8 Å². The van der Waals surface area contributed by atoms with Crippen LogP contribution in [0, 0.1) is 17.3 Å². The molecule has 196 valence electrons. The summed E-state index contributed by atoms with van der Waals surface area (Å²) in [7, 11) is 0. The summed E-state index contributed by atoms with van der Waals surface area (Å²) in [5, 5.41) is 10.2. The minimum Gasteiger partial charge on any atom is -0.477 e. The molecule has 1 saturated heterocycles. The van der Waals surface area contributed by atoms with Gasteiger partial charge in [-0.2, -0.15) is 0 Å². The third-order valence-corrected chi connectivity index (χ3v) is 9.78. The molecule has 8 heteroatoms. The summed E-state index contributed by atoms with van der Waals surface area (Å²) in [5.41, 5.74) is 1.17. The number of pyridine rings is 1. The highest BCUT2D eigenvalue weighted by molar-refractivity contribution is 8.04. The first-order chi connectivity index (χ1) is 17.1. The number of thioether (sulfide) groups is 1. The van der Waals surface area contributed by atoms with Crippen molar-refractivity contribution in [3.63, 3.8) is 0 Å². The summed E-state index contributed by atoms with van der Waals surface area (Å²) in [6.07, 6.45) is 8.89. The fraction of sp³-hybridized carbons (Fsp3) is 0.643. The molecule has 0 radical (unpaired) electrons. The van der Waals surface area contributed by atoms with Crippen LogP contribution in [0.4, 0.5) is 0 Å². The number of aliphatic carboxylic acids is 1. The van der Waals surface area contributed by atoms with Gasteiger partial charge in [0, 0.05) is 54.8 Å². The Bertz CT molecular complexity index is 1000. The van der Waals surface area contributed by atoms with Crippen LogP contribution in [-0.4, -0.2) is 62.1 Å². The maximum Gasteiger partial charge on any atom is 0.343 e. The molecule has 1 aromatic heterocycles. The average Bonchev–Trinajstić information content (AvgIpc) is 3.31. The van der Waals surface area contributed by atoms with Gasteiger partial charge in [0.15, 0.2) is 0 Å². The number of nitrogens with zero attached hydrogens (tertiary/aromatic N) is 3. The van der Waals surface area contributed by atoms with Crippen molar-refractivity contribution in [1.82, 2.24) is 14.8 Å². The van der Waals surface area contributed by atoms with Crippen LogP contribution in [-0.2, 0) is 9.59 Å². The number of likely N-dealkylation sites (tertiary alicyclic amines) is 1. The Balaban J connectivity index is 1.58. The van der Waals surface area contributed by atoms with E-state index in [0.29, 0.717) is 54.4 Å². The molecule has 2 fully saturated rings. The van der Waals surface area contributed by atoms with Gasteiger partial charge in [-0.3, -0.25) is 14.6 Å². The third-order valence-electron chi connectivity index (χ3n) is 7.98. The van der Waals surface area contributed by atoms with Gasteiger partial charge in [-0.15, -0.1) is 11.8 Å². The number of carbonyl (C=O) groups is 3. The Kier molecular flexibility index (Phi) is 8.12. The van der Waals surface area contributed by atoms with Crippen molar-refractivity contribution in [2.75, 3.05) is 13.1 Å². The molecule has 0 aromatic carbocycles. The molecule has 4 rings (SSSR count). The number of amides is 2. The lowest BCUT2D eigenvalue weighted by molar-refractivity contribution is -0.138. The molecular weight excluding hydrogens is 474 g/mol. The van der Waals surface area contributed by atoms with Gasteiger partial charge in [-0.25, -0.2) is 4.79 Å². The second-order valence-corrected chi connectivity index (χ2v) is 12.9. The maximum absolute atomic E-state index is 14.1. The Morgan fingerprint density at radius 1 is 1.08 bits per heavy atom. The van der Waals surface area contributed by atoms with Crippen molar-refractivity contribution in [3.8, 4) is 0 Å². The molecule has 3 heterocycles. The summed E-state index contributed by atoms with van der Waals surface area (Å²) in [4.78, 5) is 47.4. The first-order valence-electron chi connectivity index (χ1n) is 13.2. The van der Waals surface area contributed by atoms with Crippen LogP contribution in [0.3, 0.4) is 0 Å². The SMILES string of the molecule is CC1CCC(C(=O)N(C2=C(C(=O)O)SC(C(C)(C)C)C2)C2CCN(C(=O)c3cccnc3)CC2)CC1. The summed E-state index contributed by atoms with van der Waals surface area (Å²) < 4.78 is 0. The zero-order valence-electron chi connectivity index (χ0n) is 21.9. The van der Waals surface area contributed by atoms with E-state index in [-0.39, 0.29) is 34.4 Å². The highest BCUT2D eigenvalue weighted by atomic mass is 32.2. The van der Waals surface area contributed by atoms with Crippen molar-refractivity contribution in [2.45, 2.75) is 83.9 Å². The van der Waals surface area contributed by atoms with Gasteiger partial charge in [0.2, 0.25) is 5.91 Å². The zero-order valence-corrected chi connectivity index (χ0v) is 22.7. The molecule has 1 atom stereocenters. The highest BCUT2D eigenvalue weighted by Gasteiger charge is 2.44. The van der Waals surface area contributed by atoms with Crippen molar-refractivity contribution >= 4 is 29.5 Å². The third kappa shape index (κ3) is 5.79. The first-order valence-corrected chi connectivity index (χ1v) is 14.1. The number of rotatable bonds is 5. The lowest BCUT2D eigenvalue weighted by Crippen LogP contribution is -2.50. The van der Waals surface area contributed by atoms with Crippen LogP contribution < -0.4 is 0 Å². The number of aromatic nitrogens is 1. The summed E-state index contributed by atoms with van der Waals surface area (Å²) in [6.45, 7) is 9.70. The number of hydrogen-bond acceptors (Lipinski definition) is 5. The second-order valence-electron chi connectivity index (χ2n) is 11.7. The van der Waals surface area contributed by atoms with E-state index in [9.17, 15) is 19.5 Å². The van der Waals surface area contributed by atoms with Crippen LogP contribution >= 0.6 is 11.8 Å². The fourth-order valence-electron chi connectivity index (χ4n) is 5.62. The van der Waals surface area contributed by atoms with E-state index < -0.39 is 5.97 Å². The van der Waals surface area contributed by atoms with Gasteiger partial charge in [-0.1, -0.05) is 27.7 Å². The highest BCUT2D eigenvalue weighted by Crippen LogP contribution is 2.48. The zero-order chi connectivity index (χ0) is 26.0. The summed E-state index contributed by atoms with van der Waals surface area (Å²) in [6, 6.07) is 3.43. The quantitative estimate of drug-likeness (QED) is 0.583. The standard InChI is InChI=1S/C28H39N3O4S/c1-18-7-9-19(10-8-18)26(33)31(22-16-23(28(2,3)4)36-24(22)27(34)35)21-11-14-30(15-12-21)25(32)20-6-5-13-29-17-20/h5-6,13,17-19,21,23H,7-12,14-16H2,1-4H3,(H,34,35). The van der Waals surface area contributed by atoms with E-state index in [4.69, 9.17) is 0 Å². The summed E-state index contributed by atoms with van der Waals surface area (Å²) >= 11 is 1.41. The molecule has 1 N–H and O–H groups in total. The van der Waals surface area contributed by atoms with Gasteiger partial charge in [0.1, 0.15) is 4.91 Å². The Morgan fingerprint density at radius 2 is 1.75 bits per heavy atom. The molecule has 0 spiro atoms. The summed E-state index contributed by atoms with van der Waals surface area (Å²) in [5.74, 6) is -0.331. The number of allylic oxidation sites excluding steroid dienone is 1. The Morgan fingerprint density at radius 3 is 2.31 bits per heavy atom. The van der Waals surface area contributed by atoms with Crippen molar-refractivity contribution in [1.29, 1.82) is 0 Å². The van der Waals surface area contributed by atoms with Crippen LogP contribution in [0.5, 0.6) is 0 Å². The molecule has 2 amide bonds. The van der Waals surface area contributed by atoms with Crippen LogP contribution in [0.15, 0.2) is 35.1 Å². The van der Waals surface area contributed by atoms with Crippen molar-refractivity contribution in [2.24, 2.45) is 17.3 Å². The molecule has 1 saturated carbocycles. The van der Waals surface area contributed by atoms with E-state index in [1.54, 1.807) is 24.5 Å². The van der Waals surface area contributed by atoms with Crippen LogP contribution in [0.2, 0.25) is 0 Å². The van der Waals surface area contributed by atoms with Gasteiger partial charge in [-0.05, 0) is 62.0 Å². The lowest BCUT2D eigenvalue weighted by atomic mass is 9.81.